The predicted octanol–water partition coefficient (Wildman–Crippen LogP) is 2.82. The molecule has 2 rings (SSSR count). The Labute approximate surface area is 116 Å². The first kappa shape index (κ1) is 14.4. The van der Waals surface area contributed by atoms with Crippen LogP contribution in [0.4, 0.5) is 0 Å². The molecule has 106 valence electrons. The topological polar surface area (TPSA) is 41.5 Å². The number of aryl methyl sites for hydroxylation is 1. The van der Waals surface area contributed by atoms with Crippen LogP contribution in [-0.4, -0.2) is 25.3 Å². The minimum atomic E-state index is -0.515. The maximum Gasteiger partial charge on any atom is 0.124 e. The Morgan fingerprint density at radius 3 is 2.74 bits per heavy atom. The molecule has 3 heteroatoms. The lowest BCUT2D eigenvalue weighted by atomic mass is 9.70. The van der Waals surface area contributed by atoms with Gasteiger partial charge in [0.25, 0.3) is 0 Å². The average Bonchev–Trinajstić information content (AvgIpc) is 2.36. The summed E-state index contributed by atoms with van der Waals surface area (Å²) < 4.78 is 5.31. The van der Waals surface area contributed by atoms with E-state index in [9.17, 15) is 5.11 Å². The summed E-state index contributed by atoms with van der Waals surface area (Å²) in [5, 5.41) is 13.7. The summed E-state index contributed by atoms with van der Waals surface area (Å²) in [6.07, 6.45) is 3.42. The van der Waals surface area contributed by atoms with E-state index in [0.29, 0.717) is 12.0 Å². The summed E-state index contributed by atoms with van der Waals surface area (Å²) >= 11 is 0. The molecule has 2 N–H and O–H groups in total. The van der Waals surface area contributed by atoms with Gasteiger partial charge < -0.3 is 15.2 Å². The van der Waals surface area contributed by atoms with E-state index in [1.807, 2.05) is 25.1 Å². The molecule has 0 radical (unpaired) electrons. The van der Waals surface area contributed by atoms with E-state index in [0.717, 1.165) is 23.4 Å². The highest BCUT2D eigenvalue weighted by atomic mass is 16.5. The lowest BCUT2D eigenvalue weighted by Gasteiger charge is -2.38. The fraction of sp³-hybridized carbons (Fsp3) is 0.625. The van der Waals surface area contributed by atoms with Gasteiger partial charge in [-0.05, 0) is 37.3 Å². The van der Waals surface area contributed by atoms with Gasteiger partial charge in [0, 0.05) is 18.7 Å². The Hall–Kier alpha value is -1.06. The number of aliphatic hydroxyl groups excluding tert-OH is 1. The number of aliphatic hydroxyl groups is 1. The maximum atomic E-state index is 10.3. The Morgan fingerprint density at radius 2 is 2.16 bits per heavy atom. The molecule has 1 fully saturated rings. The van der Waals surface area contributed by atoms with Crippen molar-refractivity contribution in [3.63, 3.8) is 0 Å². The van der Waals surface area contributed by atoms with Crippen molar-refractivity contribution < 1.29 is 9.84 Å². The fourth-order valence-electron chi connectivity index (χ4n) is 2.69. The van der Waals surface area contributed by atoms with Crippen molar-refractivity contribution in [1.82, 2.24) is 5.32 Å². The number of hydrogen-bond donors (Lipinski definition) is 2. The van der Waals surface area contributed by atoms with Gasteiger partial charge in [-0.2, -0.15) is 0 Å². The zero-order valence-electron chi connectivity index (χ0n) is 12.2. The SMILES string of the molecule is COc1ccc(C)cc1C(O)CNCC1(C)CCC1. The van der Waals surface area contributed by atoms with Crippen molar-refractivity contribution in [2.24, 2.45) is 5.41 Å². The molecule has 0 amide bonds. The average molecular weight is 263 g/mol. The van der Waals surface area contributed by atoms with Crippen LogP contribution in [0, 0.1) is 12.3 Å². The Bertz CT molecular complexity index is 427. The van der Waals surface area contributed by atoms with E-state index in [1.54, 1.807) is 7.11 Å². The van der Waals surface area contributed by atoms with Crippen molar-refractivity contribution in [2.75, 3.05) is 20.2 Å². The van der Waals surface area contributed by atoms with Gasteiger partial charge in [0.05, 0.1) is 13.2 Å². The molecule has 1 aromatic rings. The lowest BCUT2D eigenvalue weighted by molar-refractivity contribution is 0.131. The summed E-state index contributed by atoms with van der Waals surface area (Å²) in [6, 6.07) is 5.91. The van der Waals surface area contributed by atoms with Crippen LogP contribution >= 0.6 is 0 Å². The van der Waals surface area contributed by atoms with E-state index in [1.165, 1.54) is 19.3 Å². The van der Waals surface area contributed by atoms with Crippen LogP contribution in [0.15, 0.2) is 18.2 Å². The molecular weight excluding hydrogens is 238 g/mol. The molecule has 0 saturated heterocycles. The third-order valence-corrected chi connectivity index (χ3v) is 4.19. The highest BCUT2D eigenvalue weighted by Gasteiger charge is 2.31. The number of benzene rings is 1. The Balaban J connectivity index is 1.91. The largest absolute Gasteiger partial charge is 0.496 e. The fourth-order valence-corrected chi connectivity index (χ4v) is 2.69. The molecule has 3 nitrogen and oxygen atoms in total. The van der Waals surface area contributed by atoms with Gasteiger partial charge >= 0.3 is 0 Å². The molecule has 0 bridgehead atoms. The van der Waals surface area contributed by atoms with E-state index < -0.39 is 6.10 Å². The van der Waals surface area contributed by atoms with Crippen LogP contribution < -0.4 is 10.1 Å². The second-order valence-electron chi connectivity index (χ2n) is 6.06. The molecule has 0 spiro atoms. The van der Waals surface area contributed by atoms with Gasteiger partial charge in [-0.15, -0.1) is 0 Å². The van der Waals surface area contributed by atoms with E-state index in [-0.39, 0.29) is 0 Å². The van der Waals surface area contributed by atoms with Crippen molar-refractivity contribution in [3.05, 3.63) is 29.3 Å². The second-order valence-corrected chi connectivity index (χ2v) is 6.06. The predicted molar refractivity (Wildman–Crippen MR) is 77.5 cm³/mol. The first-order chi connectivity index (χ1) is 9.04. The summed E-state index contributed by atoms with van der Waals surface area (Å²) in [5.74, 6) is 0.759. The van der Waals surface area contributed by atoms with Crippen LogP contribution in [0.2, 0.25) is 0 Å². The molecule has 0 aromatic heterocycles. The van der Waals surface area contributed by atoms with Crippen molar-refractivity contribution in [2.45, 2.75) is 39.2 Å². The standard InChI is InChI=1S/C16H25NO2/c1-12-5-6-15(19-3)13(9-12)14(18)10-17-11-16(2)7-4-8-16/h5-6,9,14,17-18H,4,7-8,10-11H2,1-3H3. The van der Waals surface area contributed by atoms with Gasteiger partial charge in [-0.25, -0.2) is 0 Å². The van der Waals surface area contributed by atoms with Gasteiger partial charge in [-0.1, -0.05) is 25.0 Å². The van der Waals surface area contributed by atoms with E-state index in [4.69, 9.17) is 4.74 Å². The minimum absolute atomic E-state index is 0.441. The molecular formula is C16H25NO2. The van der Waals surface area contributed by atoms with Crippen molar-refractivity contribution >= 4 is 0 Å². The minimum Gasteiger partial charge on any atom is -0.496 e. The zero-order valence-corrected chi connectivity index (χ0v) is 12.2. The normalized spacial score (nSPS) is 18.7. The van der Waals surface area contributed by atoms with E-state index in [2.05, 4.69) is 12.2 Å². The van der Waals surface area contributed by atoms with Crippen LogP contribution in [0.3, 0.4) is 0 Å². The molecule has 0 aliphatic heterocycles. The molecule has 1 aromatic carbocycles. The van der Waals surface area contributed by atoms with Crippen LogP contribution in [-0.2, 0) is 0 Å². The van der Waals surface area contributed by atoms with E-state index >= 15 is 0 Å². The number of methoxy groups -OCH3 is 1. The molecule has 1 aliphatic carbocycles. The first-order valence-electron chi connectivity index (χ1n) is 7.07. The molecule has 1 atom stereocenters. The quantitative estimate of drug-likeness (QED) is 0.829. The first-order valence-corrected chi connectivity index (χ1v) is 7.07. The van der Waals surface area contributed by atoms with Crippen molar-refractivity contribution in [3.8, 4) is 5.75 Å². The third-order valence-electron chi connectivity index (χ3n) is 4.19. The van der Waals surface area contributed by atoms with Crippen LogP contribution in [0.25, 0.3) is 0 Å². The summed E-state index contributed by atoms with van der Waals surface area (Å²) in [4.78, 5) is 0. The third kappa shape index (κ3) is 3.48. The number of ether oxygens (including phenoxy) is 1. The molecule has 1 aliphatic rings. The van der Waals surface area contributed by atoms with Gasteiger partial charge in [0.2, 0.25) is 0 Å². The maximum absolute atomic E-state index is 10.3. The highest BCUT2D eigenvalue weighted by Crippen LogP contribution is 2.39. The molecule has 0 heterocycles. The highest BCUT2D eigenvalue weighted by molar-refractivity contribution is 5.38. The monoisotopic (exact) mass is 263 g/mol. The van der Waals surface area contributed by atoms with Crippen LogP contribution in [0.5, 0.6) is 5.75 Å². The lowest BCUT2D eigenvalue weighted by Crippen LogP contribution is -2.38. The van der Waals surface area contributed by atoms with Gasteiger partial charge in [-0.3, -0.25) is 0 Å². The molecule has 1 saturated carbocycles. The second kappa shape index (κ2) is 5.93. The number of rotatable bonds is 6. The molecule has 19 heavy (non-hydrogen) atoms. The molecule has 1 unspecified atom stereocenters. The van der Waals surface area contributed by atoms with Gasteiger partial charge in [0.15, 0.2) is 0 Å². The Kier molecular flexibility index (Phi) is 4.48. The number of hydrogen-bond acceptors (Lipinski definition) is 3. The summed E-state index contributed by atoms with van der Waals surface area (Å²) in [7, 11) is 1.64. The summed E-state index contributed by atoms with van der Waals surface area (Å²) in [5.41, 5.74) is 2.45. The van der Waals surface area contributed by atoms with Crippen molar-refractivity contribution in [1.29, 1.82) is 0 Å². The van der Waals surface area contributed by atoms with Gasteiger partial charge in [0.1, 0.15) is 5.75 Å². The summed E-state index contributed by atoms with van der Waals surface area (Å²) in [6.45, 7) is 5.90. The van der Waals surface area contributed by atoms with Crippen LogP contribution in [0.1, 0.15) is 43.4 Å². The zero-order chi connectivity index (χ0) is 13.9. The Morgan fingerprint density at radius 1 is 1.42 bits per heavy atom. The smallest absolute Gasteiger partial charge is 0.124 e. The number of nitrogens with one attached hydrogen (secondary N) is 1.